The van der Waals surface area contributed by atoms with Crippen LogP contribution in [0.2, 0.25) is 0 Å². The van der Waals surface area contributed by atoms with E-state index in [1.54, 1.807) is 0 Å². The Hall–Kier alpha value is -2.37. The summed E-state index contributed by atoms with van der Waals surface area (Å²) in [6, 6.07) is 6.13. The Labute approximate surface area is 127 Å². The number of nitrogens with one attached hydrogen (secondary N) is 1. The first kappa shape index (κ1) is 13.3. The molecule has 0 bridgehead atoms. The zero-order valence-electron chi connectivity index (χ0n) is 12.3. The number of carbonyl (C=O) groups excluding carboxylic acids is 1. The fourth-order valence-corrected chi connectivity index (χ4v) is 2.96. The highest BCUT2D eigenvalue weighted by Gasteiger charge is 2.30. The predicted molar refractivity (Wildman–Crippen MR) is 78.3 cm³/mol. The average molecular weight is 299 g/mol. The van der Waals surface area contributed by atoms with Gasteiger partial charge < -0.3 is 14.6 Å². The largest absolute Gasteiger partial charge is 0.453 e. The van der Waals surface area contributed by atoms with Crippen LogP contribution >= 0.6 is 0 Å². The molecule has 1 amide bonds. The van der Waals surface area contributed by atoms with E-state index in [0.29, 0.717) is 11.7 Å². The number of amides is 1. The minimum atomic E-state index is -0.394. The predicted octanol–water partition coefficient (Wildman–Crippen LogP) is 2.96. The standard InChI is InChI=1S/C16H17N3O3/c1-21-16(20)17-13-7-5-10-8-11(4-6-12(10)13)14-18-15(22-19-14)9-2-3-9/h4,6,8-9,13H,2-3,5,7H2,1H3,(H,17,20)/t13-/m1/s1. The van der Waals surface area contributed by atoms with E-state index >= 15 is 0 Å². The molecule has 114 valence electrons. The van der Waals surface area contributed by atoms with E-state index in [2.05, 4.69) is 26.3 Å². The van der Waals surface area contributed by atoms with Gasteiger partial charge in [0.05, 0.1) is 13.2 Å². The van der Waals surface area contributed by atoms with Crippen LogP contribution in [0.5, 0.6) is 0 Å². The van der Waals surface area contributed by atoms with E-state index < -0.39 is 6.09 Å². The summed E-state index contributed by atoms with van der Waals surface area (Å²) in [7, 11) is 1.38. The van der Waals surface area contributed by atoms with Gasteiger partial charge in [-0.2, -0.15) is 4.98 Å². The Morgan fingerprint density at radius 1 is 1.36 bits per heavy atom. The fourth-order valence-electron chi connectivity index (χ4n) is 2.96. The van der Waals surface area contributed by atoms with E-state index in [0.717, 1.165) is 42.7 Å². The number of hydrogen-bond acceptors (Lipinski definition) is 5. The molecule has 1 heterocycles. The number of methoxy groups -OCH3 is 1. The summed E-state index contributed by atoms with van der Waals surface area (Å²) in [5, 5.41) is 6.94. The van der Waals surface area contributed by atoms with Gasteiger partial charge in [0, 0.05) is 11.5 Å². The second kappa shape index (κ2) is 5.12. The zero-order chi connectivity index (χ0) is 15.1. The Kier molecular flexibility index (Phi) is 3.10. The molecule has 2 aromatic rings. The fraction of sp³-hybridized carbons (Fsp3) is 0.438. The number of ether oxygens (including phenoxy) is 1. The van der Waals surface area contributed by atoms with Crippen LogP contribution in [0.15, 0.2) is 22.7 Å². The van der Waals surface area contributed by atoms with Crippen LogP contribution < -0.4 is 5.32 Å². The van der Waals surface area contributed by atoms with E-state index in [-0.39, 0.29) is 6.04 Å². The van der Waals surface area contributed by atoms with Crippen LogP contribution in [-0.2, 0) is 11.2 Å². The number of alkyl carbamates (subject to hydrolysis) is 1. The number of aryl methyl sites for hydroxylation is 1. The van der Waals surface area contributed by atoms with Gasteiger partial charge in [0.1, 0.15) is 0 Å². The van der Waals surface area contributed by atoms with Crippen molar-refractivity contribution in [1.29, 1.82) is 0 Å². The molecule has 6 nitrogen and oxygen atoms in total. The van der Waals surface area contributed by atoms with E-state index in [9.17, 15) is 4.79 Å². The Bertz CT molecular complexity index is 721. The molecule has 0 saturated heterocycles. The van der Waals surface area contributed by atoms with Gasteiger partial charge in [-0.1, -0.05) is 17.3 Å². The quantitative estimate of drug-likeness (QED) is 0.942. The molecule has 0 spiro atoms. The van der Waals surface area contributed by atoms with Gasteiger partial charge in [-0.25, -0.2) is 4.79 Å². The van der Waals surface area contributed by atoms with Gasteiger partial charge in [0.15, 0.2) is 0 Å². The van der Waals surface area contributed by atoms with Crippen LogP contribution in [0.1, 0.15) is 48.2 Å². The van der Waals surface area contributed by atoms with Crippen molar-refractivity contribution in [3.8, 4) is 11.4 Å². The molecule has 6 heteroatoms. The molecule has 2 aliphatic rings. The second-order valence-electron chi connectivity index (χ2n) is 5.87. The van der Waals surface area contributed by atoms with Crippen LogP contribution in [-0.4, -0.2) is 23.3 Å². The summed E-state index contributed by atoms with van der Waals surface area (Å²) in [5.41, 5.74) is 3.32. The number of benzene rings is 1. The molecule has 1 aromatic carbocycles. The molecular weight excluding hydrogens is 282 g/mol. The maximum Gasteiger partial charge on any atom is 0.407 e. The summed E-state index contributed by atoms with van der Waals surface area (Å²) >= 11 is 0. The van der Waals surface area contributed by atoms with Gasteiger partial charge in [-0.3, -0.25) is 0 Å². The summed E-state index contributed by atoms with van der Waals surface area (Å²) in [6.45, 7) is 0. The number of rotatable bonds is 3. The average Bonchev–Trinajstić information content (AvgIpc) is 3.14. The minimum Gasteiger partial charge on any atom is -0.453 e. The summed E-state index contributed by atoms with van der Waals surface area (Å²) in [5.74, 6) is 1.86. The van der Waals surface area contributed by atoms with E-state index in [4.69, 9.17) is 4.52 Å². The lowest BCUT2D eigenvalue weighted by Crippen LogP contribution is -2.26. The van der Waals surface area contributed by atoms with Gasteiger partial charge >= 0.3 is 6.09 Å². The van der Waals surface area contributed by atoms with Crippen molar-refractivity contribution in [2.24, 2.45) is 0 Å². The first-order valence-electron chi connectivity index (χ1n) is 7.56. The molecule has 1 N–H and O–H groups in total. The zero-order valence-corrected chi connectivity index (χ0v) is 12.3. The monoisotopic (exact) mass is 299 g/mol. The summed E-state index contributed by atoms with van der Waals surface area (Å²) < 4.78 is 9.98. The number of hydrogen-bond donors (Lipinski definition) is 1. The molecule has 1 saturated carbocycles. The van der Waals surface area contributed by atoms with E-state index in [1.807, 2.05) is 12.1 Å². The molecule has 2 aliphatic carbocycles. The van der Waals surface area contributed by atoms with Gasteiger partial charge in [0.25, 0.3) is 0 Å². The number of nitrogens with zero attached hydrogens (tertiary/aromatic N) is 2. The van der Waals surface area contributed by atoms with E-state index in [1.165, 1.54) is 12.7 Å². The van der Waals surface area contributed by atoms with Crippen molar-refractivity contribution in [3.05, 3.63) is 35.2 Å². The van der Waals surface area contributed by atoms with Crippen LogP contribution in [0, 0.1) is 0 Å². The highest BCUT2D eigenvalue weighted by atomic mass is 16.5. The van der Waals surface area contributed by atoms with Crippen molar-refractivity contribution >= 4 is 6.09 Å². The molecule has 0 unspecified atom stereocenters. The Morgan fingerprint density at radius 3 is 3.00 bits per heavy atom. The van der Waals surface area contributed by atoms with Gasteiger partial charge in [-0.15, -0.1) is 0 Å². The Balaban J connectivity index is 1.58. The highest BCUT2D eigenvalue weighted by Crippen LogP contribution is 2.40. The van der Waals surface area contributed by atoms with Crippen LogP contribution in [0.25, 0.3) is 11.4 Å². The normalized spacial score (nSPS) is 19.8. The third kappa shape index (κ3) is 2.34. The van der Waals surface area contributed by atoms with Gasteiger partial charge in [0.2, 0.25) is 11.7 Å². The third-order valence-electron chi connectivity index (χ3n) is 4.32. The first-order chi connectivity index (χ1) is 10.7. The number of fused-ring (bicyclic) bond motifs is 1. The topological polar surface area (TPSA) is 77.2 Å². The molecule has 1 atom stereocenters. The van der Waals surface area contributed by atoms with Crippen molar-refractivity contribution in [2.75, 3.05) is 7.11 Å². The molecule has 22 heavy (non-hydrogen) atoms. The lowest BCUT2D eigenvalue weighted by Gasteiger charge is -2.13. The molecule has 0 radical (unpaired) electrons. The molecule has 4 rings (SSSR count). The summed E-state index contributed by atoms with van der Waals surface area (Å²) in [4.78, 5) is 15.9. The first-order valence-corrected chi connectivity index (χ1v) is 7.56. The van der Waals surface area contributed by atoms with Crippen molar-refractivity contribution < 1.29 is 14.1 Å². The molecule has 1 aromatic heterocycles. The summed E-state index contributed by atoms with van der Waals surface area (Å²) in [6.07, 6.45) is 3.70. The number of carbonyl (C=O) groups is 1. The maximum atomic E-state index is 11.4. The van der Waals surface area contributed by atoms with Crippen molar-refractivity contribution in [1.82, 2.24) is 15.5 Å². The smallest absolute Gasteiger partial charge is 0.407 e. The van der Waals surface area contributed by atoms with Gasteiger partial charge in [-0.05, 0) is 42.9 Å². The lowest BCUT2D eigenvalue weighted by molar-refractivity contribution is 0.166. The Morgan fingerprint density at radius 2 is 2.23 bits per heavy atom. The molecule has 1 fully saturated rings. The second-order valence-corrected chi connectivity index (χ2v) is 5.87. The maximum absolute atomic E-state index is 11.4. The number of aromatic nitrogens is 2. The van der Waals surface area contributed by atoms with Crippen LogP contribution in [0.3, 0.4) is 0 Å². The molecule has 0 aliphatic heterocycles. The molecular formula is C16H17N3O3. The SMILES string of the molecule is COC(=O)N[C@@H]1CCc2cc(-c3noc(C4CC4)n3)ccc21. The van der Waals surface area contributed by atoms with Crippen molar-refractivity contribution in [3.63, 3.8) is 0 Å². The van der Waals surface area contributed by atoms with Crippen molar-refractivity contribution in [2.45, 2.75) is 37.6 Å². The highest BCUT2D eigenvalue weighted by molar-refractivity contribution is 5.68. The minimum absolute atomic E-state index is 0.0174. The third-order valence-corrected chi connectivity index (χ3v) is 4.32. The van der Waals surface area contributed by atoms with Crippen LogP contribution in [0.4, 0.5) is 4.79 Å². The lowest BCUT2D eigenvalue weighted by atomic mass is 10.0.